The Balaban J connectivity index is 1.54. The van der Waals surface area contributed by atoms with Crippen LogP contribution in [0.4, 0.5) is 0 Å². The number of benzene rings is 1. The predicted octanol–water partition coefficient (Wildman–Crippen LogP) is 2.13. The number of hydrogen-bond donors (Lipinski definition) is 1. The topological polar surface area (TPSA) is 84.1 Å². The van der Waals surface area contributed by atoms with E-state index >= 15 is 0 Å². The molecule has 3 rings (SSSR count). The Bertz CT molecular complexity index is 789. The van der Waals surface area contributed by atoms with E-state index in [1.165, 1.54) is 16.7 Å². The molecular weight excluding hydrogens is 342 g/mol. The molecule has 25 heavy (non-hydrogen) atoms. The van der Waals surface area contributed by atoms with Crippen molar-refractivity contribution < 1.29 is 18.7 Å². The summed E-state index contributed by atoms with van der Waals surface area (Å²) >= 11 is 1.27. The third-order valence-corrected chi connectivity index (χ3v) is 4.35. The Morgan fingerprint density at radius 2 is 2.28 bits per heavy atom. The van der Waals surface area contributed by atoms with Crippen molar-refractivity contribution in [3.8, 4) is 5.75 Å². The molecule has 1 aromatic carbocycles. The lowest BCUT2D eigenvalue weighted by Gasteiger charge is -2.14. The number of aryl methyl sites for hydroxylation is 1. The van der Waals surface area contributed by atoms with Gasteiger partial charge in [0.1, 0.15) is 11.5 Å². The second-order valence-electron chi connectivity index (χ2n) is 5.38. The molecule has 1 N–H and O–H groups in total. The molecule has 1 saturated heterocycles. The second kappa shape index (κ2) is 7.89. The number of nitrogens with zero attached hydrogens (tertiary/aromatic N) is 2. The van der Waals surface area contributed by atoms with E-state index in [-0.39, 0.29) is 24.8 Å². The Kier molecular flexibility index (Phi) is 5.39. The van der Waals surface area contributed by atoms with Crippen LogP contribution in [0.25, 0.3) is 0 Å². The van der Waals surface area contributed by atoms with Gasteiger partial charge in [-0.1, -0.05) is 23.9 Å². The molecule has 2 aromatic rings. The third kappa shape index (κ3) is 4.63. The third-order valence-electron chi connectivity index (χ3n) is 3.39. The first-order chi connectivity index (χ1) is 12.1. The van der Waals surface area contributed by atoms with Gasteiger partial charge in [0.2, 0.25) is 5.91 Å². The van der Waals surface area contributed by atoms with E-state index in [9.17, 15) is 9.59 Å². The van der Waals surface area contributed by atoms with Gasteiger partial charge in [-0.3, -0.25) is 14.5 Å². The summed E-state index contributed by atoms with van der Waals surface area (Å²) in [6, 6.07) is 11.0. The van der Waals surface area contributed by atoms with Gasteiger partial charge in [-0.2, -0.15) is 0 Å². The molecule has 0 bridgehead atoms. The Hall–Kier alpha value is -2.74. The van der Waals surface area contributed by atoms with E-state index in [1.807, 2.05) is 25.1 Å². The van der Waals surface area contributed by atoms with Crippen molar-refractivity contribution in [2.75, 3.05) is 12.4 Å². The average molecular weight is 359 g/mol. The summed E-state index contributed by atoms with van der Waals surface area (Å²) in [5, 5.41) is 4.46. The highest BCUT2D eigenvalue weighted by molar-refractivity contribution is 8.15. The first kappa shape index (κ1) is 17.1. The minimum Gasteiger partial charge on any atom is -0.484 e. The SMILES string of the molecule is Cc1cccc(OCC(=O)NN=C2SCC(=O)N2Cc2ccco2)c1. The molecule has 0 atom stereocenters. The maximum Gasteiger partial charge on any atom is 0.278 e. The Labute approximate surface area is 149 Å². The van der Waals surface area contributed by atoms with Crippen molar-refractivity contribution in [1.82, 2.24) is 10.3 Å². The van der Waals surface area contributed by atoms with Gasteiger partial charge in [0, 0.05) is 0 Å². The molecule has 1 fully saturated rings. The van der Waals surface area contributed by atoms with Crippen molar-refractivity contribution in [2.24, 2.45) is 5.10 Å². The normalized spacial score (nSPS) is 15.6. The van der Waals surface area contributed by atoms with E-state index < -0.39 is 5.91 Å². The second-order valence-corrected chi connectivity index (χ2v) is 6.32. The number of furan rings is 1. The van der Waals surface area contributed by atoms with E-state index in [1.54, 1.807) is 24.5 Å². The van der Waals surface area contributed by atoms with Gasteiger partial charge >= 0.3 is 0 Å². The summed E-state index contributed by atoms with van der Waals surface area (Å²) in [5.41, 5.74) is 3.47. The number of ether oxygens (including phenoxy) is 1. The van der Waals surface area contributed by atoms with E-state index in [4.69, 9.17) is 9.15 Å². The number of carbonyl (C=O) groups excluding carboxylic acids is 2. The van der Waals surface area contributed by atoms with Gasteiger partial charge in [0.25, 0.3) is 5.91 Å². The van der Waals surface area contributed by atoms with Gasteiger partial charge < -0.3 is 9.15 Å². The average Bonchev–Trinajstić information content (AvgIpc) is 3.23. The van der Waals surface area contributed by atoms with Gasteiger partial charge in [-0.25, -0.2) is 5.43 Å². The molecule has 8 heteroatoms. The van der Waals surface area contributed by atoms with E-state index in [2.05, 4.69) is 10.5 Å². The molecule has 2 amide bonds. The van der Waals surface area contributed by atoms with Crippen molar-refractivity contribution in [2.45, 2.75) is 13.5 Å². The van der Waals surface area contributed by atoms with E-state index in [0.29, 0.717) is 16.7 Å². The molecule has 2 heterocycles. The molecule has 7 nitrogen and oxygen atoms in total. The van der Waals surface area contributed by atoms with Crippen LogP contribution >= 0.6 is 11.8 Å². The van der Waals surface area contributed by atoms with Crippen LogP contribution < -0.4 is 10.2 Å². The van der Waals surface area contributed by atoms with Crippen LogP contribution in [0.3, 0.4) is 0 Å². The Morgan fingerprint density at radius 1 is 1.40 bits per heavy atom. The molecule has 1 aromatic heterocycles. The summed E-state index contributed by atoms with van der Waals surface area (Å²) in [5.74, 6) is 1.08. The van der Waals surface area contributed by atoms with Gasteiger partial charge in [-0.15, -0.1) is 5.10 Å². The van der Waals surface area contributed by atoms with Crippen molar-refractivity contribution in [3.63, 3.8) is 0 Å². The van der Waals surface area contributed by atoms with E-state index in [0.717, 1.165) is 5.56 Å². The monoisotopic (exact) mass is 359 g/mol. The largest absolute Gasteiger partial charge is 0.484 e. The quantitative estimate of drug-likeness (QED) is 0.799. The number of hydrogen-bond acceptors (Lipinski definition) is 6. The summed E-state index contributed by atoms with van der Waals surface area (Å²) in [6.45, 7) is 2.07. The molecule has 1 aliphatic heterocycles. The molecule has 0 unspecified atom stereocenters. The molecule has 0 spiro atoms. The lowest BCUT2D eigenvalue weighted by atomic mass is 10.2. The number of rotatable bonds is 6. The van der Waals surface area contributed by atoms with Crippen LogP contribution in [-0.2, 0) is 16.1 Å². The summed E-state index contributed by atoms with van der Waals surface area (Å²) in [6.07, 6.45) is 1.55. The minimum atomic E-state index is -0.396. The lowest BCUT2D eigenvalue weighted by molar-refractivity contribution is -0.125. The molecule has 0 aliphatic carbocycles. The zero-order valence-corrected chi connectivity index (χ0v) is 14.4. The highest BCUT2D eigenvalue weighted by Crippen LogP contribution is 2.21. The van der Waals surface area contributed by atoms with Crippen LogP contribution in [-0.4, -0.2) is 34.2 Å². The zero-order chi connectivity index (χ0) is 17.6. The van der Waals surface area contributed by atoms with Crippen LogP contribution in [0.5, 0.6) is 5.75 Å². The minimum absolute atomic E-state index is 0.0783. The summed E-state index contributed by atoms with van der Waals surface area (Å²) in [4.78, 5) is 25.3. The molecule has 0 saturated carbocycles. The van der Waals surface area contributed by atoms with Crippen molar-refractivity contribution >= 4 is 28.7 Å². The number of amidine groups is 1. The first-order valence-electron chi connectivity index (χ1n) is 7.63. The number of amides is 2. The molecular formula is C17H17N3O4S. The Morgan fingerprint density at radius 3 is 3.04 bits per heavy atom. The van der Waals surface area contributed by atoms with Gasteiger partial charge in [0.15, 0.2) is 11.8 Å². The smallest absolute Gasteiger partial charge is 0.278 e. The van der Waals surface area contributed by atoms with Crippen LogP contribution in [0.2, 0.25) is 0 Å². The van der Waals surface area contributed by atoms with Crippen molar-refractivity contribution in [1.29, 1.82) is 0 Å². The lowest BCUT2D eigenvalue weighted by Crippen LogP contribution is -2.32. The van der Waals surface area contributed by atoms with Crippen molar-refractivity contribution in [3.05, 3.63) is 54.0 Å². The number of hydrazone groups is 1. The fourth-order valence-electron chi connectivity index (χ4n) is 2.19. The maximum atomic E-state index is 11.9. The maximum absolute atomic E-state index is 11.9. The number of thioether (sulfide) groups is 1. The van der Waals surface area contributed by atoms with Crippen LogP contribution in [0.1, 0.15) is 11.3 Å². The number of nitrogens with one attached hydrogen (secondary N) is 1. The summed E-state index contributed by atoms with van der Waals surface area (Å²) < 4.78 is 10.7. The first-order valence-corrected chi connectivity index (χ1v) is 8.62. The summed E-state index contributed by atoms with van der Waals surface area (Å²) in [7, 11) is 0. The zero-order valence-electron chi connectivity index (χ0n) is 13.6. The fourth-order valence-corrected chi connectivity index (χ4v) is 3.03. The fraction of sp³-hybridized carbons (Fsp3) is 0.235. The van der Waals surface area contributed by atoms with Gasteiger partial charge in [-0.05, 0) is 36.8 Å². The van der Waals surface area contributed by atoms with Crippen LogP contribution in [0.15, 0.2) is 52.2 Å². The predicted molar refractivity (Wildman–Crippen MR) is 94.0 cm³/mol. The molecule has 0 radical (unpaired) electrons. The standard InChI is InChI=1S/C17H17N3O4S/c1-12-4-2-5-13(8-12)24-10-15(21)18-19-17-20(16(22)11-25-17)9-14-6-3-7-23-14/h2-8H,9-11H2,1H3,(H,18,21). The highest BCUT2D eigenvalue weighted by atomic mass is 32.2. The van der Waals surface area contributed by atoms with Gasteiger partial charge in [0.05, 0.1) is 18.6 Å². The number of carbonyl (C=O) groups is 2. The van der Waals surface area contributed by atoms with Crippen LogP contribution in [0, 0.1) is 6.92 Å². The highest BCUT2D eigenvalue weighted by Gasteiger charge is 2.29. The molecule has 1 aliphatic rings. The molecule has 130 valence electrons.